The van der Waals surface area contributed by atoms with Crippen LogP contribution in [0.15, 0.2) is 0 Å². The summed E-state index contributed by atoms with van der Waals surface area (Å²) in [6.07, 6.45) is -9.64. The van der Waals surface area contributed by atoms with Gasteiger partial charge in [-0.3, -0.25) is 4.79 Å². The summed E-state index contributed by atoms with van der Waals surface area (Å²) in [5.74, 6) is -3.04. The number of alkyl halides is 6. The van der Waals surface area contributed by atoms with Gasteiger partial charge in [0.1, 0.15) is 6.04 Å². The molecule has 0 unspecified atom stereocenters. The van der Waals surface area contributed by atoms with E-state index < -0.39 is 36.3 Å². The van der Waals surface area contributed by atoms with Crippen LogP contribution in [0.2, 0.25) is 0 Å². The number of hydrogen-bond donors (Lipinski definition) is 2. The van der Waals surface area contributed by atoms with Crippen LogP contribution in [0.5, 0.6) is 0 Å². The Bertz CT molecular complexity index is 319. The first-order valence-corrected chi connectivity index (χ1v) is 5.21. The Labute approximate surface area is 111 Å². The number of hydrogen-bond acceptors (Lipinski definition) is 2. The van der Waals surface area contributed by atoms with Crippen molar-refractivity contribution in [3.8, 4) is 0 Å². The van der Waals surface area contributed by atoms with Crippen LogP contribution >= 0.6 is 12.4 Å². The first kappa shape index (κ1) is 18.3. The fourth-order valence-electron chi connectivity index (χ4n) is 1.88. The predicted molar refractivity (Wildman–Crippen MR) is 56.9 cm³/mol. The summed E-state index contributed by atoms with van der Waals surface area (Å²) in [5, 5.41) is 3.51. The third-order valence-electron chi connectivity index (χ3n) is 2.84. The molecule has 1 aliphatic heterocycles. The van der Waals surface area contributed by atoms with Gasteiger partial charge in [-0.2, -0.15) is 26.3 Å². The maximum atomic E-state index is 12.6. The van der Waals surface area contributed by atoms with E-state index in [0.29, 0.717) is 0 Å². The molecular weight excluding hydrogens is 302 g/mol. The highest BCUT2D eigenvalue weighted by Crippen LogP contribution is 2.30. The number of carbonyl (C=O) groups is 1. The summed E-state index contributed by atoms with van der Waals surface area (Å²) >= 11 is 0. The van der Waals surface area contributed by atoms with Crippen LogP contribution in [-0.4, -0.2) is 36.9 Å². The number of rotatable bonds is 1. The Hall–Kier alpha value is -0.700. The van der Waals surface area contributed by atoms with E-state index in [1.807, 2.05) is 0 Å². The standard InChI is InChI=1S/C9H12F6N2O.ClH/c1-4-2-3-16-6(8(10,11)12)5(4)17-7(18)9(13,14)15;/h4-6,16H,2-3H2,1H3,(H,17,18);1H/t4-,5+,6+;/m1./s1. The van der Waals surface area contributed by atoms with Gasteiger partial charge < -0.3 is 10.6 Å². The zero-order chi connectivity index (χ0) is 14.1. The second-order valence-electron chi connectivity index (χ2n) is 4.24. The van der Waals surface area contributed by atoms with E-state index in [2.05, 4.69) is 5.32 Å². The normalized spacial score (nSPS) is 28.5. The van der Waals surface area contributed by atoms with Gasteiger partial charge in [0.15, 0.2) is 0 Å². The van der Waals surface area contributed by atoms with Crippen molar-refractivity contribution in [3.05, 3.63) is 0 Å². The van der Waals surface area contributed by atoms with Gasteiger partial charge in [0.05, 0.1) is 6.04 Å². The van der Waals surface area contributed by atoms with Gasteiger partial charge in [-0.1, -0.05) is 6.92 Å². The molecule has 0 aromatic carbocycles. The highest BCUT2D eigenvalue weighted by Gasteiger charge is 2.50. The summed E-state index contributed by atoms with van der Waals surface area (Å²) in [5.41, 5.74) is 0. The van der Waals surface area contributed by atoms with Gasteiger partial charge in [0.25, 0.3) is 0 Å². The molecule has 1 saturated heterocycles. The van der Waals surface area contributed by atoms with E-state index in [-0.39, 0.29) is 25.4 Å². The number of halogens is 7. The molecule has 0 aliphatic carbocycles. The molecule has 10 heteroatoms. The largest absolute Gasteiger partial charge is 0.471 e. The lowest BCUT2D eigenvalue weighted by molar-refractivity contribution is -0.184. The van der Waals surface area contributed by atoms with Crippen LogP contribution < -0.4 is 10.6 Å². The van der Waals surface area contributed by atoms with E-state index in [1.54, 1.807) is 0 Å². The van der Waals surface area contributed by atoms with Gasteiger partial charge in [-0.05, 0) is 18.9 Å². The van der Waals surface area contributed by atoms with Crippen molar-refractivity contribution >= 4 is 18.3 Å². The molecule has 1 fully saturated rings. The van der Waals surface area contributed by atoms with Crippen molar-refractivity contribution in [1.29, 1.82) is 0 Å². The molecule has 3 atom stereocenters. The highest BCUT2D eigenvalue weighted by atomic mass is 35.5. The van der Waals surface area contributed by atoms with Gasteiger partial charge in [0.2, 0.25) is 0 Å². The monoisotopic (exact) mass is 314 g/mol. The van der Waals surface area contributed by atoms with E-state index in [0.717, 1.165) is 0 Å². The Morgan fingerprint density at radius 2 is 1.74 bits per heavy atom. The second kappa shape index (κ2) is 6.17. The lowest BCUT2D eigenvalue weighted by Crippen LogP contribution is -2.64. The molecule has 1 heterocycles. The third-order valence-corrected chi connectivity index (χ3v) is 2.84. The zero-order valence-electron chi connectivity index (χ0n) is 9.73. The van der Waals surface area contributed by atoms with Crippen LogP contribution in [0.25, 0.3) is 0 Å². The van der Waals surface area contributed by atoms with Gasteiger partial charge >= 0.3 is 18.3 Å². The van der Waals surface area contributed by atoms with Crippen molar-refractivity contribution < 1.29 is 31.1 Å². The minimum atomic E-state index is -5.19. The molecule has 1 aliphatic rings. The minimum absolute atomic E-state index is 0. The Morgan fingerprint density at radius 3 is 2.16 bits per heavy atom. The van der Waals surface area contributed by atoms with E-state index >= 15 is 0 Å². The van der Waals surface area contributed by atoms with Gasteiger partial charge in [-0.25, -0.2) is 0 Å². The number of carbonyl (C=O) groups excluding carboxylic acids is 1. The maximum absolute atomic E-state index is 12.6. The molecule has 0 saturated carbocycles. The molecule has 2 N–H and O–H groups in total. The first-order valence-electron chi connectivity index (χ1n) is 5.21. The highest BCUT2D eigenvalue weighted by molar-refractivity contribution is 5.85. The summed E-state index contributed by atoms with van der Waals surface area (Å²) in [4.78, 5) is 10.7. The maximum Gasteiger partial charge on any atom is 0.471 e. The van der Waals surface area contributed by atoms with Crippen molar-refractivity contribution in [1.82, 2.24) is 10.6 Å². The fourth-order valence-corrected chi connectivity index (χ4v) is 1.88. The quantitative estimate of drug-likeness (QED) is 0.727. The molecule has 0 aromatic heterocycles. The Kier molecular flexibility index (Phi) is 5.94. The molecule has 1 rings (SSSR count). The van der Waals surface area contributed by atoms with Gasteiger partial charge in [0, 0.05) is 0 Å². The molecule has 1 amide bonds. The molecular formula is C9H13ClF6N2O. The van der Waals surface area contributed by atoms with Crippen LogP contribution in [0.3, 0.4) is 0 Å². The van der Waals surface area contributed by atoms with Crippen LogP contribution in [0.4, 0.5) is 26.3 Å². The molecule has 0 aromatic rings. The van der Waals surface area contributed by atoms with E-state index in [9.17, 15) is 31.1 Å². The SMILES string of the molecule is C[C@@H]1CCN[C@H](C(F)(F)F)[C@H]1NC(=O)C(F)(F)F.Cl. The van der Waals surface area contributed by atoms with Crippen LogP contribution in [0.1, 0.15) is 13.3 Å². The van der Waals surface area contributed by atoms with Crippen molar-refractivity contribution in [3.63, 3.8) is 0 Å². The Morgan fingerprint density at radius 1 is 1.21 bits per heavy atom. The van der Waals surface area contributed by atoms with Crippen molar-refractivity contribution in [2.24, 2.45) is 5.92 Å². The third kappa shape index (κ3) is 4.72. The second-order valence-corrected chi connectivity index (χ2v) is 4.24. The molecule has 19 heavy (non-hydrogen) atoms. The van der Waals surface area contributed by atoms with Gasteiger partial charge in [-0.15, -0.1) is 12.4 Å². The zero-order valence-corrected chi connectivity index (χ0v) is 10.5. The summed E-state index contributed by atoms with van der Waals surface area (Å²) in [7, 11) is 0. The summed E-state index contributed by atoms with van der Waals surface area (Å²) in [6, 6.07) is -3.78. The van der Waals surface area contributed by atoms with Crippen molar-refractivity contribution in [2.45, 2.75) is 37.8 Å². The summed E-state index contributed by atoms with van der Waals surface area (Å²) in [6.45, 7) is 1.42. The van der Waals surface area contributed by atoms with E-state index in [1.165, 1.54) is 12.2 Å². The molecule has 114 valence electrons. The summed E-state index contributed by atoms with van der Waals surface area (Å²) < 4.78 is 74.0. The lowest BCUT2D eigenvalue weighted by atomic mass is 9.88. The van der Waals surface area contributed by atoms with Crippen molar-refractivity contribution in [2.75, 3.05) is 6.54 Å². The minimum Gasteiger partial charge on any atom is -0.343 e. The number of nitrogens with one attached hydrogen (secondary N) is 2. The average Bonchev–Trinajstić information content (AvgIpc) is 2.17. The average molecular weight is 315 g/mol. The smallest absolute Gasteiger partial charge is 0.343 e. The van der Waals surface area contributed by atoms with Crippen LogP contribution in [-0.2, 0) is 4.79 Å². The molecule has 0 bridgehead atoms. The first-order chi connectivity index (χ1) is 8.03. The molecule has 3 nitrogen and oxygen atoms in total. The molecule has 0 radical (unpaired) electrons. The number of amides is 1. The number of piperidine rings is 1. The van der Waals surface area contributed by atoms with E-state index in [4.69, 9.17) is 0 Å². The topological polar surface area (TPSA) is 41.1 Å². The van der Waals surface area contributed by atoms with Crippen LogP contribution in [0, 0.1) is 5.92 Å². The predicted octanol–water partition coefficient (Wildman–Crippen LogP) is 2.02. The fraction of sp³-hybridized carbons (Fsp3) is 0.889. The molecule has 0 spiro atoms. The Balaban J connectivity index is 0.00000324. The lowest BCUT2D eigenvalue weighted by Gasteiger charge is -2.38.